The van der Waals surface area contributed by atoms with E-state index in [2.05, 4.69) is 14.9 Å². The minimum absolute atomic E-state index is 0.119. The lowest BCUT2D eigenvalue weighted by Gasteiger charge is -2.38. The van der Waals surface area contributed by atoms with Gasteiger partial charge in [0.25, 0.3) is 5.91 Å². The van der Waals surface area contributed by atoms with E-state index in [0.717, 1.165) is 42.3 Å². The van der Waals surface area contributed by atoms with Crippen molar-refractivity contribution in [1.82, 2.24) is 14.9 Å². The van der Waals surface area contributed by atoms with Crippen LogP contribution in [0.25, 0.3) is 10.9 Å². The molecule has 0 aliphatic carbocycles. The average molecular weight is 347 g/mol. The third-order valence-corrected chi connectivity index (χ3v) is 5.62. The largest absolute Gasteiger partial charge is 0.489 e. The molecule has 5 rings (SSSR count). The predicted octanol–water partition coefficient (Wildman–Crippen LogP) is 3.78. The fourth-order valence-corrected chi connectivity index (χ4v) is 4.49. The molecule has 26 heavy (non-hydrogen) atoms. The van der Waals surface area contributed by atoms with Crippen molar-refractivity contribution in [3.8, 4) is 5.75 Å². The first-order chi connectivity index (χ1) is 12.8. The molecule has 2 saturated heterocycles. The molecule has 0 spiro atoms. The first kappa shape index (κ1) is 15.4. The summed E-state index contributed by atoms with van der Waals surface area (Å²) in [5.41, 5.74) is 1.70. The SMILES string of the molecule is O=C(c1cc2ccccc2[nH]1)N1C2CCC1CC(Oc1cccnc1)C2. The molecule has 2 aliphatic heterocycles. The van der Waals surface area contributed by atoms with E-state index in [4.69, 9.17) is 4.74 Å². The Balaban J connectivity index is 1.34. The maximum atomic E-state index is 13.1. The minimum atomic E-state index is 0.119. The normalized spacial score (nSPS) is 24.8. The molecule has 1 amide bonds. The first-order valence-electron chi connectivity index (χ1n) is 9.25. The summed E-state index contributed by atoms with van der Waals surface area (Å²) in [6.45, 7) is 0. The summed E-state index contributed by atoms with van der Waals surface area (Å²) in [7, 11) is 0. The number of nitrogens with zero attached hydrogens (tertiary/aromatic N) is 2. The number of rotatable bonds is 3. The standard InChI is InChI=1S/C21H21N3O2/c25-21(20-10-14-4-1-2-6-19(14)23-20)24-15-7-8-16(24)12-18(11-15)26-17-5-3-9-22-13-17/h1-6,9-10,13,15-16,18,23H,7-8,11-12H2. The van der Waals surface area contributed by atoms with Crippen LogP contribution in [0.15, 0.2) is 54.9 Å². The average Bonchev–Trinajstić information content (AvgIpc) is 3.21. The molecule has 0 saturated carbocycles. The van der Waals surface area contributed by atoms with Gasteiger partial charge in [-0.25, -0.2) is 0 Å². The van der Waals surface area contributed by atoms with Crippen LogP contribution in [0.3, 0.4) is 0 Å². The molecule has 5 nitrogen and oxygen atoms in total. The molecule has 1 N–H and O–H groups in total. The van der Waals surface area contributed by atoms with Crippen LogP contribution >= 0.6 is 0 Å². The Morgan fingerprint density at radius 3 is 2.65 bits per heavy atom. The second-order valence-electron chi connectivity index (χ2n) is 7.27. The zero-order valence-electron chi connectivity index (χ0n) is 14.5. The van der Waals surface area contributed by atoms with Gasteiger partial charge in [0.15, 0.2) is 0 Å². The van der Waals surface area contributed by atoms with Crippen LogP contribution in [0.4, 0.5) is 0 Å². The van der Waals surface area contributed by atoms with Crippen molar-refractivity contribution in [2.24, 2.45) is 0 Å². The second kappa shape index (κ2) is 6.16. The molecule has 0 radical (unpaired) electrons. The Morgan fingerprint density at radius 1 is 1.12 bits per heavy atom. The van der Waals surface area contributed by atoms with Crippen molar-refractivity contribution >= 4 is 16.8 Å². The van der Waals surface area contributed by atoms with E-state index < -0.39 is 0 Å². The number of carbonyl (C=O) groups excluding carboxylic acids is 1. The summed E-state index contributed by atoms with van der Waals surface area (Å²) in [6.07, 6.45) is 7.55. The number of aromatic nitrogens is 2. The van der Waals surface area contributed by atoms with Gasteiger partial charge in [-0.15, -0.1) is 0 Å². The Morgan fingerprint density at radius 2 is 1.92 bits per heavy atom. The van der Waals surface area contributed by atoms with Crippen LogP contribution in [0.2, 0.25) is 0 Å². The maximum Gasteiger partial charge on any atom is 0.270 e. The van der Waals surface area contributed by atoms with E-state index in [1.807, 2.05) is 42.5 Å². The topological polar surface area (TPSA) is 58.2 Å². The number of amides is 1. The monoisotopic (exact) mass is 347 g/mol. The van der Waals surface area contributed by atoms with Crippen LogP contribution in [0.5, 0.6) is 5.75 Å². The number of hydrogen-bond donors (Lipinski definition) is 1. The highest BCUT2D eigenvalue weighted by atomic mass is 16.5. The second-order valence-corrected chi connectivity index (χ2v) is 7.27. The van der Waals surface area contributed by atoms with Gasteiger partial charge in [-0.1, -0.05) is 18.2 Å². The summed E-state index contributed by atoms with van der Waals surface area (Å²) >= 11 is 0. The number of para-hydroxylation sites is 1. The van der Waals surface area contributed by atoms with Gasteiger partial charge >= 0.3 is 0 Å². The van der Waals surface area contributed by atoms with Crippen LogP contribution in [-0.4, -0.2) is 39.0 Å². The van der Waals surface area contributed by atoms with Crippen molar-refractivity contribution < 1.29 is 9.53 Å². The zero-order chi connectivity index (χ0) is 17.5. The van der Waals surface area contributed by atoms with Crippen molar-refractivity contribution in [3.63, 3.8) is 0 Å². The van der Waals surface area contributed by atoms with Gasteiger partial charge in [-0.2, -0.15) is 0 Å². The number of nitrogens with one attached hydrogen (secondary N) is 1. The third kappa shape index (κ3) is 2.64. The van der Waals surface area contributed by atoms with E-state index in [9.17, 15) is 4.79 Å². The van der Waals surface area contributed by atoms with Crippen molar-refractivity contribution in [3.05, 3.63) is 60.6 Å². The first-order valence-corrected chi connectivity index (χ1v) is 9.25. The van der Waals surface area contributed by atoms with Crippen LogP contribution in [-0.2, 0) is 0 Å². The molecule has 2 aromatic heterocycles. The van der Waals surface area contributed by atoms with Gasteiger partial charge in [0, 0.05) is 42.0 Å². The third-order valence-electron chi connectivity index (χ3n) is 5.62. The van der Waals surface area contributed by atoms with E-state index in [1.165, 1.54) is 0 Å². The van der Waals surface area contributed by atoms with Gasteiger partial charge < -0.3 is 14.6 Å². The van der Waals surface area contributed by atoms with Gasteiger partial charge in [0.1, 0.15) is 17.5 Å². The maximum absolute atomic E-state index is 13.1. The van der Waals surface area contributed by atoms with Crippen molar-refractivity contribution in [2.45, 2.75) is 43.9 Å². The molecular formula is C21H21N3O2. The Kier molecular flexibility index (Phi) is 3.66. The van der Waals surface area contributed by atoms with Crippen LogP contribution in [0, 0.1) is 0 Å². The number of H-pyrrole nitrogens is 1. The summed E-state index contributed by atoms with van der Waals surface area (Å²) in [5, 5.41) is 1.08. The Bertz CT molecular complexity index is 890. The number of hydrogen-bond acceptors (Lipinski definition) is 3. The van der Waals surface area contributed by atoms with E-state index in [-0.39, 0.29) is 24.1 Å². The number of piperidine rings is 1. The molecule has 3 aromatic rings. The number of pyridine rings is 1. The quantitative estimate of drug-likeness (QED) is 0.784. The summed E-state index contributed by atoms with van der Waals surface area (Å²) < 4.78 is 6.11. The molecule has 2 bridgehead atoms. The molecule has 132 valence electrons. The van der Waals surface area contributed by atoms with E-state index >= 15 is 0 Å². The van der Waals surface area contributed by atoms with E-state index in [1.54, 1.807) is 12.4 Å². The highest BCUT2D eigenvalue weighted by Crippen LogP contribution is 2.38. The zero-order valence-corrected chi connectivity index (χ0v) is 14.5. The van der Waals surface area contributed by atoms with E-state index in [0.29, 0.717) is 5.69 Å². The van der Waals surface area contributed by atoms with Gasteiger partial charge in [-0.05, 0) is 37.1 Å². The van der Waals surface area contributed by atoms with Crippen LogP contribution in [0.1, 0.15) is 36.2 Å². The Hall–Kier alpha value is -2.82. The van der Waals surface area contributed by atoms with Crippen molar-refractivity contribution in [1.29, 1.82) is 0 Å². The smallest absolute Gasteiger partial charge is 0.270 e. The minimum Gasteiger partial charge on any atom is -0.489 e. The predicted molar refractivity (Wildman–Crippen MR) is 99.2 cm³/mol. The summed E-state index contributed by atoms with van der Waals surface area (Å²) in [4.78, 5) is 22.6. The van der Waals surface area contributed by atoms with Crippen LogP contribution < -0.4 is 4.74 Å². The molecule has 1 aromatic carbocycles. The Labute approximate surface area is 152 Å². The lowest BCUT2D eigenvalue weighted by Crippen LogP contribution is -2.49. The molecular weight excluding hydrogens is 326 g/mol. The fraction of sp³-hybridized carbons (Fsp3) is 0.333. The number of benzene rings is 1. The summed E-state index contributed by atoms with van der Waals surface area (Å²) in [6, 6.07) is 14.3. The molecule has 4 heterocycles. The lowest BCUT2D eigenvalue weighted by molar-refractivity contribution is 0.0354. The number of aromatic amines is 1. The number of fused-ring (bicyclic) bond motifs is 3. The van der Waals surface area contributed by atoms with Crippen molar-refractivity contribution in [2.75, 3.05) is 0 Å². The van der Waals surface area contributed by atoms with Gasteiger partial charge in [-0.3, -0.25) is 9.78 Å². The molecule has 2 atom stereocenters. The number of carbonyl (C=O) groups is 1. The summed E-state index contributed by atoms with van der Waals surface area (Å²) in [5.74, 6) is 0.931. The lowest BCUT2D eigenvalue weighted by atomic mass is 9.99. The van der Waals surface area contributed by atoms with Gasteiger partial charge in [0.05, 0.1) is 6.20 Å². The molecule has 2 unspecified atom stereocenters. The van der Waals surface area contributed by atoms with Gasteiger partial charge in [0.2, 0.25) is 0 Å². The number of ether oxygens (including phenoxy) is 1. The molecule has 2 aliphatic rings. The molecule has 5 heteroatoms. The highest BCUT2D eigenvalue weighted by molar-refractivity contribution is 5.98. The fourth-order valence-electron chi connectivity index (χ4n) is 4.49. The highest BCUT2D eigenvalue weighted by Gasteiger charge is 2.44. The molecule has 2 fully saturated rings.